The number of carbonyl (C=O) groups excluding carboxylic acids is 1. The highest BCUT2D eigenvalue weighted by Crippen LogP contribution is 2.25. The molecule has 2 rings (SSSR count). The van der Waals surface area contributed by atoms with E-state index in [4.69, 9.17) is 9.84 Å². The van der Waals surface area contributed by atoms with Gasteiger partial charge >= 0.3 is 11.9 Å². The fourth-order valence-electron chi connectivity index (χ4n) is 2.03. The fourth-order valence-corrected chi connectivity index (χ4v) is 2.37. The maximum absolute atomic E-state index is 11.9. The number of H-pyrrole nitrogens is 1. The SMILES string of the molecule is CN1C=N[C@@H](C(=O)O)C[C@]1(C)COC(=O)c1cc(Br)c[nH]1. The van der Waals surface area contributed by atoms with Gasteiger partial charge < -0.3 is 19.7 Å². The molecule has 1 aliphatic heterocycles. The van der Waals surface area contributed by atoms with E-state index in [9.17, 15) is 9.59 Å². The molecule has 0 aliphatic carbocycles. The Hall–Kier alpha value is -1.83. The van der Waals surface area contributed by atoms with Gasteiger partial charge in [0.15, 0.2) is 6.04 Å². The van der Waals surface area contributed by atoms with Gasteiger partial charge in [-0.1, -0.05) is 0 Å². The Bertz CT molecular complexity index is 586. The van der Waals surface area contributed by atoms with Crippen LogP contribution >= 0.6 is 15.9 Å². The third-order valence-electron chi connectivity index (χ3n) is 3.57. The van der Waals surface area contributed by atoms with Gasteiger partial charge in [0.1, 0.15) is 12.3 Å². The quantitative estimate of drug-likeness (QED) is 0.796. The lowest BCUT2D eigenvalue weighted by atomic mass is 9.91. The number of carbonyl (C=O) groups is 2. The van der Waals surface area contributed by atoms with Crippen molar-refractivity contribution in [3.8, 4) is 0 Å². The van der Waals surface area contributed by atoms with E-state index in [0.717, 1.165) is 4.47 Å². The number of aromatic nitrogens is 1. The third kappa shape index (κ3) is 3.44. The van der Waals surface area contributed by atoms with Gasteiger partial charge in [0, 0.05) is 24.1 Å². The molecular weight excluding hydrogens is 342 g/mol. The van der Waals surface area contributed by atoms with Crippen LogP contribution in [0.2, 0.25) is 0 Å². The molecule has 0 bridgehead atoms. The summed E-state index contributed by atoms with van der Waals surface area (Å²) < 4.78 is 6.05. The van der Waals surface area contributed by atoms with Crippen molar-refractivity contribution >= 4 is 34.2 Å². The molecule has 2 N–H and O–H groups in total. The number of nitrogens with zero attached hydrogens (tertiary/aromatic N) is 2. The predicted octanol–water partition coefficient (Wildman–Crippen LogP) is 1.51. The molecule has 1 aromatic rings. The van der Waals surface area contributed by atoms with Crippen molar-refractivity contribution in [1.82, 2.24) is 9.88 Å². The molecule has 0 saturated heterocycles. The second-order valence-electron chi connectivity index (χ2n) is 5.24. The highest BCUT2D eigenvalue weighted by molar-refractivity contribution is 9.10. The van der Waals surface area contributed by atoms with E-state index in [0.29, 0.717) is 5.69 Å². The third-order valence-corrected chi connectivity index (χ3v) is 4.03. The van der Waals surface area contributed by atoms with E-state index in [1.807, 2.05) is 6.92 Å². The van der Waals surface area contributed by atoms with Gasteiger partial charge in [0.25, 0.3) is 0 Å². The monoisotopic (exact) mass is 357 g/mol. The minimum absolute atomic E-state index is 0.0781. The lowest BCUT2D eigenvalue weighted by Gasteiger charge is -2.41. The Morgan fingerprint density at radius 2 is 2.38 bits per heavy atom. The van der Waals surface area contributed by atoms with Crippen molar-refractivity contribution in [2.75, 3.05) is 13.7 Å². The van der Waals surface area contributed by atoms with Crippen LogP contribution in [0.4, 0.5) is 0 Å². The van der Waals surface area contributed by atoms with E-state index in [-0.39, 0.29) is 13.0 Å². The zero-order chi connectivity index (χ0) is 15.6. The molecule has 0 fully saturated rings. The minimum Gasteiger partial charge on any atom is -0.480 e. The molecule has 2 atom stereocenters. The number of esters is 1. The molecule has 0 aromatic carbocycles. The Morgan fingerprint density at radius 1 is 1.67 bits per heavy atom. The second-order valence-corrected chi connectivity index (χ2v) is 6.15. The lowest BCUT2D eigenvalue weighted by Crippen LogP contribution is -2.53. The van der Waals surface area contributed by atoms with E-state index in [2.05, 4.69) is 25.9 Å². The van der Waals surface area contributed by atoms with Crippen molar-refractivity contribution in [1.29, 1.82) is 0 Å². The van der Waals surface area contributed by atoms with E-state index < -0.39 is 23.5 Å². The average molecular weight is 358 g/mol. The van der Waals surface area contributed by atoms with Crippen LogP contribution < -0.4 is 0 Å². The molecule has 1 aliphatic rings. The number of aliphatic imine (C=N–C) groups is 1. The number of ether oxygens (including phenoxy) is 1. The zero-order valence-corrected chi connectivity index (χ0v) is 13.3. The van der Waals surface area contributed by atoms with Gasteiger partial charge in [0.05, 0.1) is 11.9 Å². The number of rotatable bonds is 4. The molecule has 0 spiro atoms. The van der Waals surface area contributed by atoms with Crippen LogP contribution in [0.1, 0.15) is 23.8 Å². The molecule has 21 heavy (non-hydrogen) atoms. The summed E-state index contributed by atoms with van der Waals surface area (Å²) in [6, 6.07) is 0.807. The van der Waals surface area contributed by atoms with Crippen molar-refractivity contribution in [3.63, 3.8) is 0 Å². The maximum Gasteiger partial charge on any atom is 0.354 e. The van der Waals surface area contributed by atoms with Crippen LogP contribution in [0, 0.1) is 0 Å². The van der Waals surface area contributed by atoms with Gasteiger partial charge in [-0.25, -0.2) is 9.59 Å². The Kier molecular flexibility index (Phi) is 4.36. The van der Waals surface area contributed by atoms with E-state index in [1.54, 1.807) is 24.2 Å². The predicted molar refractivity (Wildman–Crippen MR) is 79.5 cm³/mol. The largest absolute Gasteiger partial charge is 0.480 e. The van der Waals surface area contributed by atoms with Crippen molar-refractivity contribution in [2.24, 2.45) is 4.99 Å². The summed E-state index contributed by atoms with van der Waals surface area (Å²) in [5.41, 5.74) is -0.267. The number of hydrogen-bond acceptors (Lipinski definition) is 5. The van der Waals surface area contributed by atoms with Gasteiger partial charge in [-0.3, -0.25) is 4.99 Å². The molecule has 0 amide bonds. The van der Waals surface area contributed by atoms with Crippen LogP contribution in [0.3, 0.4) is 0 Å². The summed E-state index contributed by atoms with van der Waals surface area (Å²) in [5, 5.41) is 9.06. The van der Waals surface area contributed by atoms with Gasteiger partial charge in [-0.15, -0.1) is 0 Å². The van der Waals surface area contributed by atoms with Crippen LogP contribution in [-0.4, -0.2) is 58.5 Å². The van der Waals surface area contributed by atoms with Gasteiger partial charge in [0.2, 0.25) is 0 Å². The first-order valence-corrected chi connectivity index (χ1v) is 7.11. The summed E-state index contributed by atoms with van der Waals surface area (Å²) >= 11 is 3.24. The highest BCUT2D eigenvalue weighted by Gasteiger charge is 2.38. The number of carboxylic acid groups (broad SMARTS) is 1. The van der Waals surface area contributed by atoms with Crippen molar-refractivity contribution < 1.29 is 19.4 Å². The number of aliphatic carboxylic acids is 1. The Balaban J connectivity index is 2.02. The smallest absolute Gasteiger partial charge is 0.354 e. The van der Waals surface area contributed by atoms with E-state index in [1.165, 1.54) is 6.34 Å². The number of nitrogens with one attached hydrogen (secondary N) is 1. The summed E-state index contributed by atoms with van der Waals surface area (Å²) in [6.07, 6.45) is 3.39. The minimum atomic E-state index is -0.981. The first-order valence-electron chi connectivity index (χ1n) is 6.32. The summed E-state index contributed by atoms with van der Waals surface area (Å²) in [4.78, 5) is 31.5. The number of hydrogen-bond donors (Lipinski definition) is 2. The fraction of sp³-hybridized carbons (Fsp3) is 0.462. The number of carboxylic acids is 1. The van der Waals surface area contributed by atoms with Crippen molar-refractivity contribution in [3.05, 3.63) is 22.4 Å². The van der Waals surface area contributed by atoms with Crippen LogP contribution in [-0.2, 0) is 9.53 Å². The number of likely N-dealkylation sites (N-methyl/N-ethyl adjacent to an activating group) is 1. The first kappa shape index (κ1) is 15.6. The van der Waals surface area contributed by atoms with Gasteiger partial charge in [-0.2, -0.15) is 0 Å². The summed E-state index contributed by atoms with van der Waals surface area (Å²) in [5.74, 6) is -1.46. The number of halogens is 1. The van der Waals surface area contributed by atoms with Crippen LogP contribution in [0.15, 0.2) is 21.7 Å². The molecule has 0 saturated carbocycles. The molecular formula is C13H16BrN3O4. The molecule has 0 unspecified atom stereocenters. The standard InChI is InChI=1S/C13H16BrN3O4/c1-13(4-10(11(18)19)16-7-17(13)2)6-21-12(20)9-3-8(14)5-15-9/h3,5,7,10,15H,4,6H2,1-2H3,(H,18,19)/t10-,13-/m1/s1. The van der Waals surface area contributed by atoms with Gasteiger partial charge in [-0.05, 0) is 28.9 Å². The first-order chi connectivity index (χ1) is 9.82. The molecule has 2 heterocycles. The molecule has 1 aromatic heterocycles. The van der Waals surface area contributed by atoms with Crippen molar-refractivity contribution in [2.45, 2.75) is 24.9 Å². The van der Waals surface area contributed by atoms with Crippen LogP contribution in [0.5, 0.6) is 0 Å². The maximum atomic E-state index is 11.9. The second kappa shape index (κ2) is 5.88. The summed E-state index contributed by atoms with van der Waals surface area (Å²) in [7, 11) is 1.78. The average Bonchev–Trinajstić information content (AvgIpc) is 2.86. The highest BCUT2D eigenvalue weighted by atomic mass is 79.9. The summed E-state index contributed by atoms with van der Waals surface area (Å²) in [6.45, 7) is 1.92. The lowest BCUT2D eigenvalue weighted by molar-refractivity contribution is -0.139. The number of aromatic amines is 1. The zero-order valence-electron chi connectivity index (χ0n) is 11.7. The topological polar surface area (TPSA) is 95.0 Å². The normalized spacial score (nSPS) is 24.9. The molecule has 114 valence electrons. The Labute approximate surface area is 130 Å². The van der Waals surface area contributed by atoms with Crippen LogP contribution in [0.25, 0.3) is 0 Å². The Morgan fingerprint density at radius 3 is 2.95 bits per heavy atom. The molecule has 7 nitrogen and oxygen atoms in total. The molecule has 0 radical (unpaired) electrons. The molecule has 8 heteroatoms. The van der Waals surface area contributed by atoms with E-state index >= 15 is 0 Å².